The molecule has 1 aromatic rings. The second-order valence-electron chi connectivity index (χ2n) is 4.07. The summed E-state index contributed by atoms with van der Waals surface area (Å²) in [6, 6.07) is 8.69. The van der Waals surface area contributed by atoms with E-state index in [0.717, 1.165) is 18.4 Å². The molecule has 0 saturated carbocycles. The molecular formula is C20H25NO. The number of nitriles is 1. The minimum absolute atomic E-state index is 0.0423. The number of benzene rings is 1. The molecule has 0 spiro atoms. The van der Waals surface area contributed by atoms with Crippen LogP contribution in [0.4, 0.5) is 0 Å². The summed E-state index contributed by atoms with van der Waals surface area (Å²) in [6.45, 7) is 8.00. The fourth-order valence-electron chi connectivity index (χ4n) is 1.73. The van der Waals surface area contributed by atoms with Crippen LogP contribution in [-0.4, -0.2) is 5.78 Å². The van der Waals surface area contributed by atoms with Gasteiger partial charge in [0.1, 0.15) is 0 Å². The standard InChI is InChI=1S/C16H13NO.2C2H6/c17-12-14-6-9-15(10-7-14)16(18)11-8-13-4-2-1-3-5-13;2*1-2/h2,4-11H,1,3H2;2*1-2H3/b11-8+;;. The molecule has 0 saturated heterocycles. The number of hydrogen-bond donors (Lipinski definition) is 0. The molecule has 0 bridgehead atoms. The van der Waals surface area contributed by atoms with E-state index >= 15 is 0 Å². The molecule has 1 aromatic carbocycles. The van der Waals surface area contributed by atoms with E-state index in [1.54, 1.807) is 30.3 Å². The summed E-state index contributed by atoms with van der Waals surface area (Å²) in [5.41, 5.74) is 2.24. The van der Waals surface area contributed by atoms with Crippen LogP contribution in [0.15, 0.2) is 60.2 Å². The van der Waals surface area contributed by atoms with Crippen LogP contribution in [0.25, 0.3) is 0 Å². The first-order valence-corrected chi connectivity index (χ1v) is 7.89. The van der Waals surface area contributed by atoms with E-state index in [2.05, 4.69) is 12.2 Å². The van der Waals surface area contributed by atoms with Crippen molar-refractivity contribution >= 4 is 5.78 Å². The largest absolute Gasteiger partial charge is 0.289 e. The molecule has 22 heavy (non-hydrogen) atoms. The van der Waals surface area contributed by atoms with Crippen molar-refractivity contribution in [3.8, 4) is 6.07 Å². The Balaban J connectivity index is 0.00000102. The number of allylic oxidation sites excluding steroid dienone is 6. The van der Waals surface area contributed by atoms with Gasteiger partial charge in [0, 0.05) is 5.56 Å². The third-order valence-corrected chi connectivity index (χ3v) is 2.75. The average molecular weight is 295 g/mol. The first-order chi connectivity index (χ1) is 10.8. The zero-order valence-corrected chi connectivity index (χ0v) is 14.0. The number of carbonyl (C=O) groups is 1. The lowest BCUT2D eigenvalue weighted by Gasteiger charge is -2.00. The van der Waals surface area contributed by atoms with Crippen LogP contribution in [0.1, 0.15) is 56.5 Å². The van der Waals surface area contributed by atoms with E-state index in [1.165, 1.54) is 0 Å². The van der Waals surface area contributed by atoms with E-state index in [9.17, 15) is 4.79 Å². The lowest BCUT2D eigenvalue weighted by Crippen LogP contribution is -1.94. The zero-order chi connectivity index (χ0) is 16.8. The lowest BCUT2D eigenvalue weighted by molar-refractivity contribution is 0.104. The van der Waals surface area contributed by atoms with Crippen molar-refractivity contribution in [3.63, 3.8) is 0 Å². The number of rotatable bonds is 3. The molecule has 2 nitrogen and oxygen atoms in total. The van der Waals surface area contributed by atoms with Crippen LogP contribution in [0.3, 0.4) is 0 Å². The Morgan fingerprint density at radius 2 is 1.73 bits per heavy atom. The monoisotopic (exact) mass is 295 g/mol. The van der Waals surface area contributed by atoms with Crippen molar-refractivity contribution in [2.45, 2.75) is 40.5 Å². The smallest absolute Gasteiger partial charge is 0.185 e. The highest BCUT2D eigenvalue weighted by Gasteiger charge is 2.01. The Kier molecular flexibility index (Phi) is 11.0. The SMILES string of the molecule is CC.CC.N#Cc1ccc(C(=O)/C=C/C2=CCCC=C2)cc1. The van der Waals surface area contributed by atoms with Gasteiger partial charge in [-0.3, -0.25) is 4.79 Å². The molecule has 0 aromatic heterocycles. The average Bonchev–Trinajstić information content (AvgIpc) is 2.64. The molecule has 0 N–H and O–H groups in total. The molecule has 2 heteroatoms. The Bertz CT molecular complexity index is 569. The normalized spacial score (nSPS) is 12.2. The highest BCUT2D eigenvalue weighted by Crippen LogP contribution is 2.11. The Morgan fingerprint density at radius 1 is 1.09 bits per heavy atom. The van der Waals surface area contributed by atoms with Gasteiger partial charge >= 0.3 is 0 Å². The van der Waals surface area contributed by atoms with Crippen molar-refractivity contribution in [3.05, 3.63) is 71.3 Å². The fourth-order valence-corrected chi connectivity index (χ4v) is 1.73. The van der Waals surface area contributed by atoms with Gasteiger partial charge in [0.25, 0.3) is 0 Å². The molecular weight excluding hydrogens is 270 g/mol. The van der Waals surface area contributed by atoms with E-state index in [-0.39, 0.29) is 5.78 Å². The van der Waals surface area contributed by atoms with Crippen molar-refractivity contribution in [1.29, 1.82) is 5.26 Å². The molecule has 0 aliphatic heterocycles. The summed E-state index contributed by atoms with van der Waals surface area (Å²) < 4.78 is 0. The molecule has 0 amide bonds. The fraction of sp³-hybridized carbons (Fsp3) is 0.300. The van der Waals surface area contributed by atoms with Gasteiger partial charge in [-0.05, 0) is 48.8 Å². The lowest BCUT2D eigenvalue weighted by atomic mass is 10.0. The molecule has 0 heterocycles. The quantitative estimate of drug-likeness (QED) is 0.536. The van der Waals surface area contributed by atoms with Gasteiger partial charge in [-0.1, -0.05) is 52.0 Å². The summed E-state index contributed by atoms with van der Waals surface area (Å²) in [4.78, 5) is 11.9. The highest BCUT2D eigenvalue weighted by molar-refractivity contribution is 6.04. The first kappa shape index (κ1) is 19.6. The van der Waals surface area contributed by atoms with E-state index in [4.69, 9.17) is 5.26 Å². The molecule has 0 radical (unpaired) electrons. The van der Waals surface area contributed by atoms with Gasteiger partial charge < -0.3 is 0 Å². The van der Waals surface area contributed by atoms with Gasteiger partial charge in [0.2, 0.25) is 0 Å². The minimum Gasteiger partial charge on any atom is -0.289 e. The predicted molar refractivity (Wildman–Crippen MR) is 93.8 cm³/mol. The topological polar surface area (TPSA) is 40.9 Å². The third-order valence-electron chi connectivity index (χ3n) is 2.75. The van der Waals surface area contributed by atoms with Crippen LogP contribution in [0.5, 0.6) is 0 Å². The van der Waals surface area contributed by atoms with Crippen LogP contribution in [-0.2, 0) is 0 Å². The number of ketones is 1. The van der Waals surface area contributed by atoms with Crippen molar-refractivity contribution in [2.24, 2.45) is 0 Å². The zero-order valence-electron chi connectivity index (χ0n) is 14.0. The van der Waals surface area contributed by atoms with Crippen molar-refractivity contribution in [1.82, 2.24) is 0 Å². The third kappa shape index (κ3) is 6.85. The summed E-state index contributed by atoms with van der Waals surface area (Å²) in [5.74, 6) is -0.0423. The Morgan fingerprint density at radius 3 is 2.23 bits per heavy atom. The minimum atomic E-state index is -0.0423. The summed E-state index contributed by atoms with van der Waals surface area (Å²) in [6.07, 6.45) is 11.7. The molecule has 116 valence electrons. The van der Waals surface area contributed by atoms with Gasteiger partial charge in [-0.15, -0.1) is 0 Å². The summed E-state index contributed by atoms with van der Waals surface area (Å²) in [5, 5.41) is 8.68. The molecule has 0 fully saturated rings. The van der Waals surface area contributed by atoms with Gasteiger partial charge in [0.15, 0.2) is 5.78 Å². The van der Waals surface area contributed by atoms with Crippen molar-refractivity contribution < 1.29 is 4.79 Å². The van der Waals surface area contributed by atoms with Crippen LogP contribution in [0, 0.1) is 11.3 Å². The second kappa shape index (κ2) is 12.3. The molecule has 1 aliphatic rings. The van der Waals surface area contributed by atoms with E-state index < -0.39 is 0 Å². The molecule has 1 aliphatic carbocycles. The first-order valence-electron chi connectivity index (χ1n) is 7.89. The maximum Gasteiger partial charge on any atom is 0.185 e. The summed E-state index contributed by atoms with van der Waals surface area (Å²) >= 11 is 0. The van der Waals surface area contributed by atoms with Gasteiger partial charge in [-0.2, -0.15) is 5.26 Å². The van der Waals surface area contributed by atoms with Crippen molar-refractivity contribution in [2.75, 3.05) is 0 Å². The second-order valence-corrected chi connectivity index (χ2v) is 4.07. The molecule has 0 unspecified atom stereocenters. The maximum atomic E-state index is 11.9. The highest BCUT2D eigenvalue weighted by atomic mass is 16.1. The summed E-state index contributed by atoms with van der Waals surface area (Å²) in [7, 11) is 0. The number of nitrogens with zero attached hydrogens (tertiary/aromatic N) is 1. The number of hydrogen-bond acceptors (Lipinski definition) is 2. The van der Waals surface area contributed by atoms with Gasteiger partial charge in [0.05, 0.1) is 11.6 Å². The Labute approximate surface area is 134 Å². The van der Waals surface area contributed by atoms with Crippen LogP contribution >= 0.6 is 0 Å². The molecule has 0 atom stereocenters. The Hall–Kier alpha value is -2.40. The van der Waals surface area contributed by atoms with E-state index in [0.29, 0.717) is 11.1 Å². The van der Waals surface area contributed by atoms with Gasteiger partial charge in [-0.25, -0.2) is 0 Å². The van der Waals surface area contributed by atoms with Crippen LogP contribution < -0.4 is 0 Å². The van der Waals surface area contributed by atoms with Crippen LogP contribution in [0.2, 0.25) is 0 Å². The number of carbonyl (C=O) groups excluding carboxylic acids is 1. The molecule has 2 rings (SSSR count). The predicted octanol–water partition coefficient (Wildman–Crippen LogP) is 5.63. The van der Waals surface area contributed by atoms with E-state index in [1.807, 2.05) is 45.9 Å². The maximum absolute atomic E-state index is 11.9.